The lowest BCUT2D eigenvalue weighted by Crippen LogP contribution is -2.20. The highest BCUT2D eigenvalue weighted by Gasteiger charge is 2.25. The molecule has 3 nitrogen and oxygen atoms in total. The fourth-order valence-corrected chi connectivity index (χ4v) is 2.89. The third-order valence-corrected chi connectivity index (χ3v) is 3.96. The van der Waals surface area contributed by atoms with Gasteiger partial charge in [0.1, 0.15) is 10.7 Å². The highest BCUT2D eigenvalue weighted by Crippen LogP contribution is 2.32. The molecule has 0 amide bonds. The molecule has 0 fully saturated rings. The topological polar surface area (TPSA) is 60.2 Å². The Balaban J connectivity index is 3.72. The van der Waals surface area contributed by atoms with Crippen molar-refractivity contribution in [3.63, 3.8) is 0 Å². The fourth-order valence-electron chi connectivity index (χ4n) is 1.98. The van der Waals surface area contributed by atoms with Crippen LogP contribution in [0, 0.1) is 19.7 Å². The molecule has 0 heterocycles. The molecule has 1 rings (SSSR count). The molecule has 0 bridgehead atoms. The largest absolute Gasteiger partial charge is 0.241 e. The lowest BCUT2D eigenvalue weighted by molar-refractivity contribution is 0.543. The molecule has 0 aliphatic heterocycles. The molecule has 0 aromatic heterocycles. The molecule has 0 radical (unpaired) electrons. The van der Waals surface area contributed by atoms with Crippen LogP contribution in [0.15, 0.2) is 11.0 Å². The third kappa shape index (κ3) is 2.66. The molecular weight excluding hydrogens is 241 g/mol. The average Bonchev–Trinajstić information content (AvgIpc) is 2.07. The van der Waals surface area contributed by atoms with Crippen molar-refractivity contribution in [2.45, 2.75) is 44.9 Å². The average molecular weight is 259 g/mol. The van der Waals surface area contributed by atoms with Crippen molar-refractivity contribution in [2.24, 2.45) is 5.14 Å². The summed E-state index contributed by atoms with van der Waals surface area (Å²) in [5.74, 6) is -0.777. The van der Waals surface area contributed by atoms with Gasteiger partial charge < -0.3 is 0 Å². The van der Waals surface area contributed by atoms with E-state index in [0.29, 0.717) is 5.56 Å². The minimum Gasteiger partial charge on any atom is -0.225 e. The molecule has 0 spiro atoms. The first-order chi connectivity index (χ1) is 7.46. The van der Waals surface area contributed by atoms with Gasteiger partial charge in [-0.25, -0.2) is 17.9 Å². The molecule has 0 aliphatic rings. The second-order valence-corrected chi connectivity index (χ2v) is 6.78. The third-order valence-electron chi connectivity index (χ3n) is 2.89. The number of sulfonamides is 1. The van der Waals surface area contributed by atoms with Crippen LogP contribution >= 0.6 is 0 Å². The Kier molecular flexibility index (Phi) is 3.38. The zero-order valence-electron chi connectivity index (χ0n) is 10.8. The molecule has 0 saturated carbocycles. The van der Waals surface area contributed by atoms with Crippen molar-refractivity contribution >= 4 is 10.0 Å². The van der Waals surface area contributed by atoms with Crippen LogP contribution < -0.4 is 5.14 Å². The lowest BCUT2D eigenvalue weighted by atomic mass is 9.82. The lowest BCUT2D eigenvalue weighted by Gasteiger charge is -2.24. The van der Waals surface area contributed by atoms with Gasteiger partial charge >= 0.3 is 0 Å². The minimum absolute atomic E-state index is 0.243. The van der Waals surface area contributed by atoms with E-state index in [1.165, 1.54) is 6.07 Å². The molecule has 96 valence electrons. The first-order valence-corrected chi connectivity index (χ1v) is 6.84. The molecule has 0 aliphatic carbocycles. The van der Waals surface area contributed by atoms with Gasteiger partial charge in [-0.15, -0.1) is 0 Å². The quantitative estimate of drug-likeness (QED) is 0.841. The van der Waals surface area contributed by atoms with E-state index >= 15 is 0 Å². The van der Waals surface area contributed by atoms with Crippen LogP contribution in [0.2, 0.25) is 0 Å². The van der Waals surface area contributed by atoms with E-state index in [-0.39, 0.29) is 5.41 Å². The highest BCUT2D eigenvalue weighted by atomic mass is 32.2. The zero-order chi connectivity index (χ0) is 13.6. The van der Waals surface area contributed by atoms with E-state index in [9.17, 15) is 12.8 Å². The summed E-state index contributed by atoms with van der Waals surface area (Å²) in [6.45, 7) is 9.21. The monoisotopic (exact) mass is 259 g/mol. The molecular formula is C12H18FNO2S. The Bertz CT molecular complexity index is 557. The summed E-state index contributed by atoms with van der Waals surface area (Å²) in [6, 6.07) is 1.27. The first-order valence-electron chi connectivity index (χ1n) is 5.29. The van der Waals surface area contributed by atoms with Crippen LogP contribution in [0.5, 0.6) is 0 Å². The van der Waals surface area contributed by atoms with Gasteiger partial charge in [0.2, 0.25) is 10.0 Å². The molecule has 0 unspecified atom stereocenters. The predicted molar refractivity (Wildman–Crippen MR) is 65.9 cm³/mol. The Hall–Kier alpha value is -0.940. The van der Waals surface area contributed by atoms with E-state index in [2.05, 4.69) is 0 Å². The van der Waals surface area contributed by atoms with E-state index < -0.39 is 20.7 Å². The maximum Gasteiger partial charge on any atom is 0.241 e. The highest BCUT2D eigenvalue weighted by molar-refractivity contribution is 7.89. The van der Waals surface area contributed by atoms with Gasteiger partial charge in [0, 0.05) is 0 Å². The number of primary sulfonamides is 1. The van der Waals surface area contributed by atoms with Gasteiger partial charge in [-0.1, -0.05) is 20.8 Å². The van der Waals surface area contributed by atoms with Gasteiger partial charge in [-0.2, -0.15) is 0 Å². The summed E-state index contributed by atoms with van der Waals surface area (Å²) in [6.07, 6.45) is 0. The minimum atomic E-state index is -4.02. The van der Waals surface area contributed by atoms with Crippen molar-refractivity contribution in [2.75, 3.05) is 0 Å². The van der Waals surface area contributed by atoms with E-state index in [1.807, 2.05) is 20.8 Å². The number of nitrogens with two attached hydrogens (primary N) is 1. The molecule has 5 heteroatoms. The van der Waals surface area contributed by atoms with Crippen LogP contribution in [-0.4, -0.2) is 8.42 Å². The van der Waals surface area contributed by atoms with Crippen LogP contribution in [0.3, 0.4) is 0 Å². The predicted octanol–water partition coefficient (Wildman–Crippen LogP) is 2.39. The van der Waals surface area contributed by atoms with Gasteiger partial charge in [-0.05, 0) is 42.0 Å². The van der Waals surface area contributed by atoms with E-state index in [4.69, 9.17) is 5.14 Å². The molecule has 1 aromatic carbocycles. The summed E-state index contributed by atoms with van der Waals surface area (Å²) < 4.78 is 36.5. The van der Waals surface area contributed by atoms with Crippen LogP contribution in [0.4, 0.5) is 4.39 Å². The van der Waals surface area contributed by atoms with Crippen molar-refractivity contribution in [3.8, 4) is 0 Å². The fraction of sp³-hybridized carbons (Fsp3) is 0.500. The summed E-state index contributed by atoms with van der Waals surface area (Å²) in [5, 5.41) is 5.02. The summed E-state index contributed by atoms with van der Waals surface area (Å²) in [5.41, 5.74) is 1.70. The number of hydrogen-bond donors (Lipinski definition) is 1. The van der Waals surface area contributed by atoms with Gasteiger partial charge in [0.25, 0.3) is 0 Å². The number of hydrogen-bond acceptors (Lipinski definition) is 2. The standard InChI is InChI=1S/C12H18FNO2S/c1-7-8(2)11(17(14,15)16)10(13)6-9(7)12(3,4)5/h6H,1-5H3,(H2,14,15,16). The second-order valence-electron chi connectivity index (χ2n) is 5.28. The summed E-state index contributed by atoms with van der Waals surface area (Å²) >= 11 is 0. The van der Waals surface area contributed by atoms with E-state index in [0.717, 1.165) is 11.1 Å². The normalized spacial score (nSPS) is 12.9. The molecule has 17 heavy (non-hydrogen) atoms. The number of halogens is 1. The van der Waals surface area contributed by atoms with Crippen molar-refractivity contribution in [3.05, 3.63) is 28.6 Å². The number of benzene rings is 1. The van der Waals surface area contributed by atoms with Crippen molar-refractivity contribution in [1.82, 2.24) is 0 Å². The Morgan fingerprint density at radius 1 is 1.18 bits per heavy atom. The van der Waals surface area contributed by atoms with Crippen LogP contribution in [-0.2, 0) is 15.4 Å². The molecule has 1 aromatic rings. The maximum absolute atomic E-state index is 13.9. The first kappa shape index (κ1) is 14.1. The zero-order valence-corrected chi connectivity index (χ0v) is 11.6. The van der Waals surface area contributed by atoms with Crippen molar-refractivity contribution in [1.29, 1.82) is 0 Å². The van der Waals surface area contributed by atoms with Gasteiger partial charge in [0.05, 0.1) is 0 Å². The van der Waals surface area contributed by atoms with Gasteiger partial charge in [-0.3, -0.25) is 0 Å². The molecule has 0 saturated heterocycles. The maximum atomic E-state index is 13.9. The molecule has 0 atom stereocenters. The van der Waals surface area contributed by atoms with Gasteiger partial charge in [0.15, 0.2) is 0 Å². The second kappa shape index (κ2) is 4.07. The number of rotatable bonds is 1. The Morgan fingerprint density at radius 3 is 2.00 bits per heavy atom. The van der Waals surface area contributed by atoms with Crippen LogP contribution in [0.1, 0.15) is 37.5 Å². The molecule has 2 N–H and O–H groups in total. The van der Waals surface area contributed by atoms with Crippen LogP contribution in [0.25, 0.3) is 0 Å². The van der Waals surface area contributed by atoms with E-state index in [1.54, 1.807) is 13.8 Å². The summed E-state index contributed by atoms with van der Waals surface area (Å²) in [4.78, 5) is -0.400. The smallest absolute Gasteiger partial charge is 0.225 e. The Morgan fingerprint density at radius 2 is 1.65 bits per heavy atom. The van der Waals surface area contributed by atoms with Crippen molar-refractivity contribution < 1.29 is 12.8 Å². The summed E-state index contributed by atoms with van der Waals surface area (Å²) in [7, 11) is -4.02. The SMILES string of the molecule is Cc1c(C(C)(C)C)cc(F)c(S(N)(=O)=O)c1C. The Labute approximate surface area is 102 Å².